The SMILES string of the molecule is O=C1CN(C(=O)c2ccc(C(=O)O)cc2)C2CCCCC2N1. The predicted molar refractivity (Wildman–Crippen MR) is 78.6 cm³/mol. The van der Waals surface area contributed by atoms with Crippen LogP contribution in [0.5, 0.6) is 0 Å². The minimum absolute atomic E-state index is 0.0391. The van der Waals surface area contributed by atoms with Crippen molar-refractivity contribution in [2.75, 3.05) is 6.54 Å². The average Bonchev–Trinajstić information content (AvgIpc) is 2.53. The molecule has 1 aliphatic carbocycles. The van der Waals surface area contributed by atoms with Crippen molar-refractivity contribution in [1.29, 1.82) is 0 Å². The van der Waals surface area contributed by atoms with Crippen molar-refractivity contribution in [3.05, 3.63) is 35.4 Å². The van der Waals surface area contributed by atoms with E-state index in [1.807, 2.05) is 0 Å². The third-order valence-electron chi connectivity index (χ3n) is 4.43. The first kappa shape index (κ1) is 14.6. The topological polar surface area (TPSA) is 86.7 Å². The van der Waals surface area contributed by atoms with Gasteiger partial charge in [-0.15, -0.1) is 0 Å². The van der Waals surface area contributed by atoms with Gasteiger partial charge in [-0.3, -0.25) is 9.59 Å². The molecule has 0 aromatic heterocycles. The predicted octanol–water partition coefficient (Wildman–Crippen LogP) is 1.27. The summed E-state index contributed by atoms with van der Waals surface area (Å²) in [4.78, 5) is 37.0. The summed E-state index contributed by atoms with van der Waals surface area (Å²) < 4.78 is 0. The lowest BCUT2D eigenvalue weighted by Gasteiger charge is -2.44. The summed E-state index contributed by atoms with van der Waals surface area (Å²) in [7, 11) is 0. The summed E-state index contributed by atoms with van der Waals surface area (Å²) in [5.41, 5.74) is 0.563. The zero-order chi connectivity index (χ0) is 15.7. The van der Waals surface area contributed by atoms with Crippen LogP contribution in [0.15, 0.2) is 24.3 Å². The number of carboxylic acids is 1. The van der Waals surface area contributed by atoms with Crippen molar-refractivity contribution in [2.45, 2.75) is 37.8 Å². The summed E-state index contributed by atoms with van der Waals surface area (Å²) >= 11 is 0. The van der Waals surface area contributed by atoms with Crippen LogP contribution in [-0.2, 0) is 4.79 Å². The Balaban J connectivity index is 1.82. The fourth-order valence-corrected chi connectivity index (χ4v) is 3.32. The second-order valence-corrected chi connectivity index (χ2v) is 5.84. The third-order valence-corrected chi connectivity index (χ3v) is 4.43. The largest absolute Gasteiger partial charge is 0.478 e. The van der Waals surface area contributed by atoms with Crippen LogP contribution in [0.2, 0.25) is 0 Å². The normalized spacial score (nSPS) is 24.4. The van der Waals surface area contributed by atoms with Gasteiger partial charge in [-0.05, 0) is 37.1 Å². The molecule has 3 rings (SSSR count). The fraction of sp³-hybridized carbons (Fsp3) is 0.438. The highest BCUT2D eigenvalue weighted by atomic mass is 16.4. The molecule has 6 nitrogen and oxygen atoms in total. The molecular formula is C16H18N2O4. The number of rotatable bonds is 2. The van der Waals surface area contributed by atoms with E-state index in [0.29, 0.717) is 5.56 Å². The zero-order valence-corrected chi connectivity index (χ0v) is 12.1. The summed E-state index contributed by atoms with van der Waals surface area (Å²) in [6.45, 7) is 0.0701. The van der Waals surface area contributed by atoms with Gasteiger partial charge in [-0.25, -0.2) is 4.79 Å². The van der Waals surface area contributed by atoms with Crippen LogP contribution in [0.1, 0.15) is 46.4 Å². The maximum absolute atomic E-state index is 12.7. The molecule has 1 saturated carbocycles. The van der Waals surface area contributed by atoms with Crippen molar-refractivity contribution in [2.24, 2.45) is 0 Å². The van der Waals surface area contributed by atoms with Gasteiger partial charge in [0.1, 0.15) is 6.54 Å². The van der Waals surface area contributed by atoms with Crippen LogP contribution in [0, 0.1) is 0 Å². The highest BCUT2D eigenvalue weighted by molar-refractivity contribution is 5.98. The standard InChI is InChI=1S/C16H18N2O4/c19-14-9-18(13-4-2-1-3-12(13)17-14)15(20)10-5-7-11(8-6-10)16(21)22/h5-8,12-13H,1-4,9H2,(H,17,19)(H,21,22). The Morgan fingerprint density at radius 3 is 2.41 bits per heavy atom. The van der Waals surface area contributed by atoms with Crippen LogP contribution in [0.25, 0.3) is 0 Å². The lowest BCUT2D eigenvalue weighted by atomic mass is 9.87. The zero-order valence-electron chi connectivity index (χ0n) is 12.1. The van der Waals surface area contributed by atoms with Crippen LogP contribution in [-0.4, -0.2) is 46.4 Å². The highest BCUT2D eigenvalue weighted by Gasteiger charge is 2.38. The van der Waals surface area contributed by atoms with E-state index < -0.39 is 5.97 Å². The van der Waals surface area contributed by atoms with Gasteiger partial charge < -0.3 is 15.3 Å². The Labute approximate surface area is 128 Å². The molecule has 1 aromatic rings. The van der Waals surface area contributed by atoms with Crippen LogP contribution < -0.4 is 5.32 Å². The average molecular weight is 302 g/mol. The number of amides is 2. The van der Waals surface area contributed by atoms with Crippen molar-refractivity contribution < 1.29 is 19.5 Å². The van der Waals surface area contributed by atoms with Crippen LogP contribution in [0.3, 0.4) is 0 Å². The number of hydrogen-bond donors (Lipinski definition) is 2. The number of nitrogens with zero attached hydrogens (tertiary/aromatic N) is 1. The smallest absolute Gasteiger partial charge is 0.335 e. The molecule has 2 unspecified atom stereocenters. The first-order valence-electron chi connectivity index (χ1n) is 7.50. The van der Waals surface area contributed by atoms with Crippen molar-refractivity contribution in [3.8, 4) is 0 Å². The van der Waals surface area contributed by atoms with Crippen LogP contribution in [0.4, 0.5) is 0 Å². The number of carboxylic acid groups (broad SMARTS) is 1. The molecule has 0 radical (unpaired) electrons. The minimum atomic E-state index is -1.02. The Morgan fingerprint density at radius 2 is 1.73 bits per heavy atom. The summed E-state index contributed by atoms with van der Waals surface area (Å²) in [5.74, 6) is -1.36. The van der Waals surface area contributed by atoms with E-state index in [1.54, 1.807) is 4.90 Å². The summed E-state index contributed by atoms with van der Waals surface area (Å²) in [5, 5.41) is 11.9. The number of nitrogens with one attached hydrogen (secondary N) is 1. The van der Waals surface area contributed by atoms with Gasteiger partial charge in [0, 0.05) is 11.6 Å². The van der Waals surface area contributed by atoms with Crippen molar-refractivity contribution >= 4 is 17.8 Å². The molecule has 2 amide bonds. The molecule has 6 heteroatoms. The van der Waals surface area contributed by atoms with Crippen molar-refractivity contribution in [1.82, 2.24) is 10.2 Å². The van der Waals surface area contributed by atoms with E-state index in [1.165, 1.54) is 24.3 Å². The summed E-state index contributed by atoms with van der Waals surface area (Å²) in [6.07, 6.45) is 3.91. The Morgan fingerprint density at radius 1 is 1.09 bits per heavy atom. The van der Waals surface area contributed by atoms with Gasteiger partial charge in [0.05, 0.1) is 11.6 Å². The molecular weight excluding hydrogens is 284 g/mol. The second kappa shape index (κ2) is 5.79. The quantitative estimate of drug-likeness (QED) is 0.861. The number of carbonyl (C=O) groups excluding carboxylic acids is 2. The van der Waals surface area contributed by atoms with E-state index in [0.717, 1.165) is 25.7 Å². The maximum atomic E-state index is 12.7. The van der Waals surface area contributed by atoms with Gasteiger partial charge in [-0.2, -0.15) is 0 Å². The number of hydrogen-bond acceptors (Lipinski definition) is 3. The molecule has 1 aliphatic heterocycles. The van der Waals surface area contributed by atoms with E-state index in [-0.39, 0.29) is 36.0 Å². The molecule has 0 spiro atoms. The van der Waals surface area contributed by atoms with Gasteiger partial charge in [0.25, 0.3) is 5.91 Å². The van der Waals surface area contributed by atoms with Gasteiger partial charge in [0.15, 0.2) is 0 Å². The van der Waals surface area contributed by atoms with E-state index in [4.69, 9.17) is 5.11 Å². The molecule has 1 heterocycles. The van der Waals surface area contributed by atoms with Crippen molar-refractivity contribution in [3.63, 3.8) is 0 Å². The second-order valence-electron chi connectivity index (χ2n) is 5.84. The van der Waals surface area contributed by atoms with Gasteiger partial charge in [0.2, 0.25) is 5.91 Å². The first-order valence-corrected chi connectivity index (χ1v) is 7.50. The number of benzene rings is 1. The third kappa shape index (κ3) is 2.68. The van der Waals surface area contributed by atoms with E-state index in [9.17, 15) is 14.4 Å². The Bertz CT molecular complexity index is 611. The highest BCUT2D eigenvalue weighted by Crippen LogP contribution is 2.27. The molecule has 1 saturated heterocycles. The lowest BCUT2D eigenvalue weighted by molar-refractivity contribution is -0.127. The number of fused-ring (bicyclic) bond motifs is 1. The van der Waals surface area contributed by atoms with E-state index >= 15 is 0 Å². The van der Waals surface area contributed by atoms with Crippen LogP contribution >= 0.6 is 0 Å². The monoisotopic (exact) mass is 302 g/mol. The summed E-state index contributed by atoms with van der Waals surface area (Å²) in [6, 6.07) is 5.93. The lowest BCUT2D eigenvalue weighted by Crippen LogP contribution is -2.62. The molecule has 116 valence electrons. The Hall–Kier alpha value is -2.37. The molecule has 22 heavy (non-hydrogen) atoms. The molecule has 2 atom stereocenters. The van der Waals surface area contributed by atoms with Gasteiger partial charge in [-0.1, -0.05) is 12.8 Å². The molecule has 0 bridgehead atoms. The fourth-order valence-electron chi connectivity index (χ4n) is 3.32. The number of piperazine rings is 1. The maximum Gasteiger partial charge on any atom is 0.335 e. The van der Waals surface area contributed by atoms with Gasteiger partial charge >= 0.3 is 5.97 Å². The molecule has 1 aromatic carbocycles. The molecule has 2 fully saturated rings. The molecule has 2 N–H and O–H groups in total. The molecule has 2 aliphatic rings. The minimum Gasteiger partial charge on any atom is -0.478 e. The number of aromatic carboxylic acids is 1. The first-order chi connectivity index (χ1) is 10.6. The Kier molecular flexibility index (Phi) is 3.83. The number of carbonyl (C=O) groups is 3. The van der Waals surface area contributed by atoms with E-state index in [2.05, 4.69) is 5.32 Å².